The molecule has 22 heavy (non-hydrogen) atoms. The lowest BCUT2D eigenvalue weighted by molar-refractivity contribution is -0.0545. The molecule has 3 rings (SSSR count). The molecule has 1 aliphatic carbocycles. The van der Waals surface area contributed by atoms with Crippen molar-refractivity contribution >= 4 is 6.03 Å². The number of morpholine rings is 1. The number of ether oxygens (including phenoxy) is 1. The van der Waals surface area contributed by atoms with E-state index in [9.17, 15) is 4.79 Å². The lowest BCUT2D eigenvalue weighted by atomic mass is 9.92. The van der Waals surface area contributed by atoms with Gasteiger partial charge in [-0.3, -0.25) is 0 Å². The number of benzene rings is 1. The van der Waals surface area contributed by atoms with Gasteiger partial charge in [0.25, 0.3) is 0 Å². The molecule has 0 bridgehead atoms. The van der Waals surface area contributed by atoms with Crippen molar-refractivity contribution in [2.45, 2.75) is 51.2 Å². The van der Waals surface area contributed by atoms with Gasteiger partial charge in [-0.25, -0.2) is 4.79 Å². The van der Waals surface area contributed by atoms with Crippen molar-refractivity contribution in [1.29, 1.82) is 0 Å². The molecule has 1 aliphatic heterocycles. The molecule has 2 unspecified atom stereocenters. The number of carbonyl (C=O) groups excluding carboxylic acids is 1. The molecule has 2 aliphatic rings. The summed E-state index contributed by atoms with van der Waals surface area (Å²) in [6.45, 7) is 8.28. The molecular formula is C18H26N2O2. The molecule has 0 aromatic heterocycles. The molecule has 0 radical (unpaired) electrons. The van der Waals surface area contributed by atoms with E-state index in [1.165, 1.54) is 11.1 Å². The summed E-state index contributed by atoms with van der Waals surface area (Å²) >= 11 is 0. The highest BCUT2D eigenvalue weighted by Gasteiger charge is 2.45. The molecule has 4 nitrogen and oxygen atoms in total. The van der Waals surface area contributed by atoms with Crippen molar-refractivity contribution in [3.8, 4) is 0 Å². The summed E-state index contributed by atoms with van der Waals surface area (Å²) in [6.07, 6.45) is 2.55. The van der Waals surface area contributed by atoms with Gasteiger partial charge in [0.1, 0.15) is 0 Å². The summed E-state index contributed by atoms with van der Waals surface area (Å²) in [5.41, 5.74) is 2.87. The predicted octanol–water partition coefficient (Wildman–Crippen LogP) is 2.85. The van der Waals surface area contributed by atoms with Crippen LogP contribution in [0.5, 0.6) is 0 Å². The predicted molar refractivity (Wildman–Crippen MR) is 87.1 cm³/mol. The first-order chi connectivity index (χ1) is 10.5. The van der Waals surface area contributed by atoms with Crippen LogP contribution in [-0.4, -0.2) is 42.8 Å². The number of carbonyl (C=O) groups is 1. The van der Waals surface area contributed by atoms with Crippen LogP contribution < -0.4 is 5.32 Å². The van der Waals surface area contributed by atoms with E-state index >= 15 is 0 Å². The first kappa shape index (κ1) is 15.3. The Morgan fingerprint density at radius 2 is 1.91 bits per heavy atom. The Labute approximate surface area is 132 Å². The minimum absolute atomic E-state index is 0.0434. The van der Waals surface area contributed by atoms with Gasteiger partial charge in [-0.05, 0) is 44.7 Å². The number of urea groups is 1. The Kier molecular flexibility index (Phi) is 4.13. The van der Waals surface area contributed by atoms with Gasteiger partial charge < -0.3 is 15.0 Å². The number of hydrogen-bond donors (Lipinski definition) is 1. The second-order valence-electron chi connectivity index (χ2n) is 6.92. The maximum Gasteiger partial charge on any atom is 0.317 e. The Morgan fingerprint density at radius 1 is 1.27 bits per heavy atom. The van der Waals surface area contributed by atoms with E-state index < -0.39 is 0 Å². The summed E-state index contributed by atoms with van der Waals surface area (Å²) in [5, 5.41) is 3.15. The Bertz CT molecular complexity index is 544. The molecule has 2 atom stereocenters. The molecule has 4 heteroatoms. The van der Waals surface area contributed by atoms with Crippen molar-refractivity contribution in [2.24, 2.45) is 0 Å². The summed E-state index contributed by atoms with van der Waals surface area (Å²) < 4.78 is 5.69. The van der Waals surface area contributed by atoms with Crippen molar-refractivity contribution in [3.63, 3.8) is 0 Å². The molecule has 1 aromatic rings. The standard InChI is InChI=1S/C18H26N2O2/c1-13-6-4-5-7-16(13)18(8-9-18)12-19-17(21)20-10-14(2)22-15(3)11-20/h4-7,14-15H,8-12H2,1-3H3,(H,19,21). The molecule has 1 aromatic carbocycles. The van der Waals surface area contributed by atoms with Crippen molar-refractivity contribution < 1.29 is 9.53 Å². The zero-order valence-corrected chi connectivity index (χ0v) is 13.8. The Hall–Kier alpha value is -1.55. The average Bonchev–Trinajstić information content (AvgIpc) is 3.25. The van der Waals surface area contributed by atoms with Crippen LogP contribution in [0, 0.1) is 6.92 Å². The number of nitrogens with one attached hydrogen (secondary N) is 1. The van der Waals surface area contributed by atoms with Crippen molar-refractivity contribution in [1.82, 2.24) is 10.2 Å². The van der Waals surface area contributed by atoms with Crippen LogP contribution in [0.3, 0.4) is 0 Å². The van der Waals surface area contributed by atoms with E-state index in [0.717, 1.165) is 19.4 Å². The molecule has 120 valence electrons. The van der Waals surface area contributed by atoms with Gasteiger partial charge in [-0.15, -0.1) is 0 Å². The smallest absolute Gasteiger partial charge is 0.317 e. The van der Waals surface area contributed by atoms with Gasteiger partial charge in [-0.1, -0.05) is 24.3 Å². The van der Waals surface area contributed by atoms with Crippen LogP contribution in [0.4, 0.5) is 4.79 Å². The van der Waals surface area contributed by atoms with Crippen molar-refractivity contribution in [3.05, 3.63) is 35.4 Å². The minimum Gasteiger partial charge on any atom is -0.372 e. The maximum absolute atomic E-state index is 12.4. The molecule has 1 saturated carbocycles. The van der Waals surface area contributed by atoms with Crippen LogP contribution in [0.2, 0.25) is 0 Å². The Balaban J connectivity index is 1.60. The third-order valence-corrected chi connectivity index (χ3v) is 4.85. The fraction of sp³-hybridized carbons (Fsp3) is 0.611. The zero-order chi connectivity index (χ0) is 15.7. The highest BCUT2D eigenvalue weighted by molar-refractivity contribution is 5.74. The highest BCUT2D eigenvalue weighted by Crippen LogP contribution is 2.48. The van der Waals surface area contributed by atoms with Gasteiger partial charge in [0.2, 0.25) is 0 Å². The fourth-order valence-corrected chi connectivity index (χ4v) is 3.56. The van der Waals surface area contributed by atoms with Gasteiger partial charge in [-0.2, -0.15) is 0 Å². The van der Waals surface area contributed by atoms with E-state index in [2.05, 4.69) is 36.5 Å². The van der Waals surface area contributed by atoms with E-state index in [-0.39, 0.29) is 23.7 Å². The lowest BCUT2D eigenvalue weighted by Gasteiger charge is -2.35. The van der Waals surface area contributed by atoms with Gasteiger partial charge in [0.15, 0.2) is 0 Å². The third-order valence-electron chi connectivity index (χ3n) is 4.85. The largest absolute Gasteiger partial charge is 0.372 e. The maximum atomic E-state index is 12.4. The summed E-state index contributed by atoms with van der Waals surface area (Å²) in [6, 6.07) is 8.57. The fourth-order valence-electron chi connectivity index (χ4n) is 3.56. The normalized spacial score (nSPS) is 26.6. The molecule has 1 saturated heterocycles. The molecule has 1 heterocycles. The molecule has 2 fully saturated rings. The summed E-state index contributed by atoms with van der Waals surface area (Å²) in [5.74, 6) is 0. The SMILES string of the molecule is Cc1ccccc1C1(CNC(=O)N2CC(C)OC(C)C2)CC1. The van der Waals surface area contributed by atoms with Crippen LogP contribution in [-0.2, 0) is 10.2 Å². The van der Waals surface area contributed by atoms with Gasteiger partial charge in [0, 0.05) is 25.0 Å². The topological polar surface area (TPSA) is 41.6 Å². The second kappa shape index (κ2) is 5.92. The number of rotatable bonds is 3. The zero-order valence-electron chi connectivity index (χ0n) is 13.8. The summed E-state index contributed by atoms with van der Waals surface area (Å²) in [7, 11) is 0. The molecule has 0 spiro atoms. The molecule has 2 amide bonds. The van der Waals surface area contributed by atoms with Crippen LogP contribution in [0.1, 0.15) is 37.8 Å². The van der Waals surface area contributed by atoms with Crippen LogP contribution in [0.15, 0.2) is 24.3 Å². The summed E-state index contributed by atoms with van der Waals surface area (Å²) in [4.78, 5) is 14.3. The molecular weight excluding hydrogens is 276 g/mol. The van der Waals surface area contributed by atoms with E-state index in [1.54, 1.807) is 0 Å². The van der Waals surface area contributed by atoms with E-state index in [0.29, 0.717) is 13.1 Å². The van der Waals surface area contributed by atoms with E-state index in [4.69, 9.17) is 4.74 Å². The van der Waals surface area contributed by atoms with E-state index in [1.807, 2.05) is 18.7 Å². The second-order valence-corrected chi connectivity index (χ2v) is 6.92. The number of nitrogens with zero attached hydrogens (tertiary/aromatic N) is 1. The van der Waals surface area contributed by atoms with Crippen molar-refractivity contribution in [2.75, 3.05) is 19.6 Å². The minimum atomic E-state index is 0.0434. The highest BCUT2D eigenvalue weighted by atomic mass is 16.5. The number of hydrogen-bond acceptors (Lipinski definition) is 2. The molecule has 1 N–H and O–H groups in total. The van der Waals surface area contributed by atoms with Crippen LogP contribution in [0.25, 0.3) is 0 Å². The number of amides is 2. The first-order valence-corrected chi connectivity index (χ1v) is 8.24. The lowest BCUT2D eigenvalue weighted by Crippen LogP contribution is -2.52. The quantitative estimate of drug-likeness (QED) is 0.933. The van der Waals surface area contributed by atoms with Gasteiger partial charge >= 0.3 is 6.03 Å². The third kappa shape index (κ3) is 3.12. The first-order valence-electron chi connectivity index (χ1n) is 8.24. The average molecular weight is 302 g/mol. The number of aryl methyl sites for hydroxylation is 1. The van der Waals surface area contributed by atoms with Gasteiger partial charge in [0.05, 0.1) is 12.2 Å². The Morgan fingerprint density at radius 3 is 2.50 bits per heavy atom. The monoisotopic (exact) mass is 302 g/mol. The van der Waals surface area contributed by atoms with Crippen LogP contribution >= 0.6 is 0 Å².